The van der Waals surface area contributed by atoms with Gasteiger partial charge in [0.05, 0.1) is 5.56 Å². The van der Waals surface area contributed by atoms with Gasteiger partial charge in [-0.1, -0.05) is 29.8 Å². The summed E-state index contributed by atoms with van der Waals surface area (Å²) >= 11 is 3.35. The molecule has 0 aliphatic carbocycles. The van der Waals surface area contributed by atoms with Crippen molar-refractivity contribution in [2.75, 3.05) is 31.9 Å². The van der Waals surface area contributed by atoms with Crippen LogP contribution in [0.1, 0.15) is 24.2 Å². The smallest absolute Gasteiger partial charge is 0.256 e. The fourth-order valence-electron chi connectivity index (χ4n) is 2.38. The summed E-state index contributed by atoms with van der Waals surface area (Å²) in [7, 11) is 0. The van der Waals surface area contributed by atoms with Crippen molar-refractivity contribution in [2.45, 2.75) is 13.8 Å². The van der Waals surface area contributed by atoms with E-state index in [1.165, 1.54) is 0 Å². The number of amides is 2. The Morgan fingerprint density at radius 3 is 2.29 bits per heavy atom. The van der Waals surface area contributed by atoms with E-state index >= 15 is 0 Å². The zero-order chi connectivity index (χ0) is 15.6. The Morgan fingerprint density at radius 1 is 1.14 bits per heavy atom. The summed E-state index contributed by atoms with van der Waals surface area (Å²) in [4.78, 5) is 28.0. The molecule has 0 spiro atoms. The van der Waals surface area contributed by atoms with Crippen LogP contribution in [-0.2, 0) is 4.79 Å². The average molecular weight is 354 g/mol. The highest BCUT2D eigenvalue weighted by molar-refractivity contribution is 9.10. The van der Waals surface area contributed by atoms with Crippen LogP contribution in [-0.4, -0.2) is 47.8 Å². The second-order valence-electron chi connectivity index (χ2n) is 5.50. The van der Waals surface area contributed by atoms with Gasteiger partial charge in [-0.3, -0.25) is 9.59 Å². The number of rotatable bonds is 2. The van der Waals surface area contributed by atoms with Crippen LogP contribution in [0.5, 0.6) is 0 Å². The molecule has 0 atom stereocenters. The minimum absolute atomic E-state index is 0.00650. The highest BCUT2D eigenvalue weighted by Crippen LogP contribution is 2.21. The molecular formula is C15H20BrN3O2. The van der Waals surface area contributed by atoms with Crippen LogP contribution < -0.4 is 5.73 Å². The molecule has 1 saturated heterocycles. The lowest BCUT2D eigenvalue weighted by Crippen LogP contribution is -2.51. The molecule has 1 aromatic carbocycles. The van der Waals surface area contributed by atoms with Crippen LogP contribution >= 0.6 is 15.9 Å². The SMILES string of the molecule is CC(C)C(=O)N1CCN(C(=O)c2cc(Br)ccc2N)CC1. The quantitative estimate of drug-likeness (QED) is 0.826. The maximum Gasteiger partial charge on any atom is 0.256 e. The molecule has 1 aliphatic rings. The van der Waals surface area contributed by atoms with Gasteiger partial charge in [0.1, 0.15) is 0 Å². The molecule has 1 heterocycles. The summed E-state index contributed by atoms with van der Waals surface area (Å²) < 4.78 is 0.827. The fourth-order valence-corrected chi connectivity index (χ4v) is 2.74. The molecule has 0 radical (unpaired) electrons. The van der Waals surface area contributed by atoms with Crippen molar-refractivity contribution in [2.24, 2.45) is 5.92 Å². The Morgan fingerprint density at radius 2 is 1.71 bits per heavy atom. The number of anilines is 1. The first-order valence-corrected chi connectivity index (χ1v) is 7.82. The second kappa shape index (κ2) is 6.47. The standard InChI is InChI=1S/C15H20BrN3O2/c1-10(2)14(20)18-5-7-19(8-6-18)15(21)12-9-11(16)3-4-13(12)17/h3-4,9-10H,5-8,17H2,1-2H3. The lowest BCUT2D eigenvalue weighted by molar-refractivity contribution is -0.135. The third kappa shape index (κ3) is 3.56. The number of nitrogens with zero attached hydrogens (tertiary/aromatic N) is 2. The number of hydrogen-bond acceptors (Lipinski definition) is 3. The number of piperazine rings is 1. The van der Waals surface area contributed by atoms with E-state index in [1.54, 1.807) is 17.0 Å². The van der Waals surface area contributed by atoms with Crippen molar-refractivity contribution in [3.05, 3.63) is 28.2 Å². The van der Waals surface area contributed by atoms with E-state index in [0.29, 0.717) is 37.4 Å². The van der Waals surface area contributed by atoms with E-state index in [9.17, 15) is 9.59 Å². The van der Waals surface area contributed by atoms with Gasteiger partial charge in [0.15, 0.2) is 0 Å². The molecule has 2 N–H and O–H groups in total. The summed E-state index contributed by atoms with van der Waals surface area (Å²) in [5.74, 6) is 0.0579. The molecule has 0 unspecified atom stereocenters. The Bertz CT molecular complexity index is 552. The first kappa shape index (κ1) is 15.8. The number of benzene rings is 1. The van der Waals surface area contributed by atoms with Crippen molar-refractivity contribution < 1.29 is 9.59 Å². The second-order valence-corrected chi connectivity index (χ2v) is 6.42. The number of carbonyl (C=O) groups is 2. The minimum Gasteiger partial charge on any atom is -0.398 e. The summed E-state index contributed by atoms with van der Waals surface area (Å²) in [5, 5.41) is 0. The largest absolute Gasteiger partial charge is 0.398 e. The molecule has 6 heteroatoms. The third-order valence-electron chi connectivity index (χ3n) is 3.62. The lowest BCUT2D eigenvalue weighted by atomic mass is 10.1. The van der Waals surface area contributed by atoms with Gasteiger partial charge in [0.2, 0.25) is 5.91 Å². The van der Waals surface area contributed by atoms with Crippen LogP contribution in [0.25, 0.3) is 0 Å². The van der Waals surface area contributed by atoms with E-state index in [2.05, 4.69) is 15.9 Å². The van der Waals surface area contributed by atoms with E-state index in [-0.39, 0.29) is 17.7 Å². The highest BCUT2D eigenvalue weighted by atomic mass is 79.9. The number of nitrogen functional groups attached to an aromatic ring is 1. The van der Waals surface area contributed by atoms with Gasteiger partial charge in [0.25, 0.3) is 5.91 Å². The van der Waals surface area contributed by atoms with Crippen LogP contribution in [0.3, 0.4) is 0 Å². The molecule has 5 nitrogen and oxygen atoms in total. The van der Waals surface area contributed by atoms with Gasteiger partial charge >= 0.3 is 0 Å². The molecule has 1 fully saturated rings. The average Bonchev–Trinajstić information content (AvgIpc) is 2.48. The molecule has 2 rings (SSSR count). The summed E-state index contributed by atoms with van der Waals surface area (Å²) in [6.07, 6.45) is 0. The maximum atomic E-state index is 12.5. The monoisotopic (exact) mass is 353 g/mol. The first-order valence-electron chi connectivity index (χ1n) is 7.03. The number of hydrogen-bond donors (Lipinski definition) is 1. The maximum absolute atomic E-state index is 12.5. The molecule has 0 aromatic heterocycles. The molecule has 0 saturated carbocycles. The summed E-state index contributed by atoms with van der Waals surface area (Å²) in [5.41, 5.74) is 6.86. The van der Waals surface area contributed by atoms with Gasteiger partial charge in [-0.15, -0.1) is 0 Å². The lowest BCUT2D eigenvalue weighted by Gasteiger charge is -2.35. The Kier molecular flexibility index (Phi) is 4.88. The van der Waals surface area contributed by atoms with Gasteiger partial charge in [-0.25, -0.2) is 0 Å². The van der Waals surface area contributed by atoms with Crippen molar-refractivity contribution >= 4 is 33.4 Å². The molecule has 21 heavy (non-hydrogen) atoms. The zero-order valence-corrected chi connectivity index (χ0v) is 13.9. The Hall–Kier alpha value is -1.56. The highest BCUT2D eigenvalue weighted by Gasteiger charge is 2.26. The first-order chi connectivity index (χ1) is 9.90. The molecular weight excluding hydrogens is 334 g/mol. The summed E-state index contributed by atoms with van der Waals surface area (Å²) in [6.45, 7) is 6.03. The van der Waals surface area contributed by atoms with Crippen molar-refractivity contribution in [1.29, 1.82) is 0 Å². The normalized spacial score (nSPS) is 15.4. The fraction of sp³-hybridized carbons (Fsp3) is 0.467. The van der Waals surface area contributed by atoms with Crippen LogP contribution in [0.2, 0.25) is 0 Å². The van der Waals surface area contributed by atoms with Crippen molar-refractivity contribution in [3.8, 4) is 0 Å². The van der Waals surface area contributed by atoms with Gasteiger partial charge in [-0.2, -0.15) is 0 Å². The van der Waals surface area contributed by atoms with Crippen molar-refractivity contribution in [1.82, 2.24) is 9.80 Å². The zero-order valence-electron chi connectivity index (χ0n) is 12.3. The van der Waals surface area contributed by atoms with E-state index < -0.39 is 0 Å². The molecule has 0 bridgehead atoms. The van der Waals surface area contributed by atoms with Crippen molar-refractivity contribution in [3.63, 3.8) is 0 Å². The third-order valence-corrected chi connectivity index (χ3v) is 4.11. The molecule has 1 aromatic rings. The van der Waals surface area contributed by atoms with Crippen LogP contribution in [0.15, 0.2) is 22.7 Å². The minimum atomic E-state index is -0.0783. The Labute approximate surface area is 133 Å². The van der Waals surface area contributed by atoms with E-state index in [0.717, 1.165) is 4.47 Å². The summed E-state index contributed by atoms with van der Waals surface area (Å²) in [6, 6.07) is 5.27. The van der Waals surface area contributed by atoms with Gasteiger partial charge in [-0.05, 0) is 18.2 Å². The number of nitrogens with two attached hydrogens (primary N) is 1. The molecule has 2 amide bonds. The predicted octanol–water partition coefficient (Wildman–Crippen LogP) is 1.97. The predicted molar refractivity (Wildman–Crippen MR) is 85.9 cm³/mol. The Balaban J connectivity index is 2.03. The van der Waals surface area contributed by atoms with E-state index in [1.807, 2.05) is 24.8 Å². The number of halogens is 1. The van der Waals surface area contributed by atoms with Crippen LogP contribution in [0.4, 0.5) is 5.69 Å². The van der Waals surface area contributed by atoms with E-state index in [4.69, 9.17) is 5.73 Å². The molecule has 1 aliphatic heterocycles. The van der Waals surface area contributed by atoms with Crippen LogP contribution in [0, 0.1) is 5.92 Å². The number of carbonyl (C=O) groups excluding carboxylic acids is 2. The van der Waals surface area contributed by atoms with Gasteiger partial charge < -0.3 is 15.5 Å². The topological polar surface area (TPSA) is 66.6 Å². The molecule has 114 valence electrons. The van der Waals surface area contributed by atoms with Gasteiger partial charge in [0, 0.05) is 42.3 Å².